The predicted molar refractivity (Wildman–Crippen MR) is 133 cm³/mol. The fourth-order valence-corrected chi connectivity index (χ4v) is 9.55. The molecule has 5 aliphatic carbocycles. The van der Waals surface area contributed by atoms with Crippen molar-refractivity contribution in [2.75, 3.05) is 0 Å². The van der Waals surface area contributed by atoms with Gasteiger partial charge in [0.15, 0.2) is 11.6 Å². The lowest BCUT2D eigenvalue weighted by molar-refractivity contribution is -0.139. The van der Waals surface area contributed by atoms with E-state index in [9.17, 15) is 14.9 Å². The van der Waals surface area contributed by atoms with Gasteiger partial charge in [-0.1, -0.05) is 58.5 Å². The van der Waals surface area contributed by atoms with Crippen molar-refractivity contribution >= 4 is 29.2 Å². The number of nitriles is 1. The quantitative estimate of drug-likeness (QED) is 0.421. The summed E-state index contributed by atoms with van der Waals surface area (Å²) in [6.45, 7) is 11.2. The zero-order valence-electron chi connectivity index (χ0n) is 20.7. The van der Waals surface area contributed by atoms with Crippen molar-refractivity contribution in [1.82, 2.24) is 0 Å². The molecule has 3 saturated carbocycles. The van der Waals surface area contributed by atoms with Gasteiger partial charge in [0.2, 0.25) is 0 Å². The summed E-state index contributed by atoms with van der Waals surface area (Å²) in [5.41, 5.74) is 1.25. The van der Waals surface area contributed by atoms with Gasteiger partial charge in [-0.15, -0.1) is 0 Å². The fourth-order valence-electron chi connectivity index (χ4n) is 9.14. The molecule has 0 bridgehead atoms. The van der Waals surface area contributed by atoms with Crippen molar-refractivity contribution in [3.8, 4) is 6.07 Å². The Bertz CT molecular complexity index is 1050. The lowest BCUT2D eigenvalue weighted by Crippen LogP contribution is -2.59. The monoisotopic (exact) mass is 463 g/mol. The zero-order valence-corrected chi connectivity index (χ0v) is 21.6. The van der Waals surface area contributed by atoms with Crippen molar-refractivity contribution in [2.45, 2.75) is 79.6 Å². The molecule has 4 heteroatoms. The molecule has 0 amide bonds. The highest BCUT2D eigenvalue weighted by atomic mass is 32.1. The maximum absolute atomic E-state index is 14.0. The summed E-state index contributed by atoms with van der Waals surface area (Å²) in [6.07, 6.45) is 11.4. The molecule has 0 saturated heterocycles. The Morgan fingerprint density at radius 3 is 2.39 bits per heavy atom. The number of carbonyl (C=O) groups is 2. The molecule has 0 aromatic heterocycles. The number of rotatable bonds is 1. The van der Waals surface area contributed by atoms with Crippen LogP contribution in [0.15, 0.2) is 23.3 Å². The van der Waals surface area contributed by atoms with Crippen molar-refractivity contribution in [3.63, 3.8) is 0 Å². The molecule has 0 N–H and O–H groups in total. The molecule has 0 aliphatic heterocycles. The number of hydrogen-bond acceptors (Lipinski definition) is 4. The van der Waals surface area contributed by atoms with Gasteiger partial charge in [0, 0.05) is 22.7 Å². The Kier molecular flexibility index (Phi) is 5.05. The molecule has 176 valence electrons. The molecular formula is C29H37NO2S. The minimum Gasteiger partial charge on any atom is -0.295 e. The second kappa shape index (κ2) is 7.20. The molecule has 3 fully saturated rings. The summed E-state index contributed by atoms with van der Waals surface area (Å²) in [5, 5.41) is 11.7. The van der Waals surface area contributed by atoms with Gasteiger partial charge in [-0.25, -0.2) is 0 Å². The Morgan fingerprint density at radius 2 is 1.73 bits per heavy atom. The SMILES string of the molecule is CC1C(=O)C(C#N)=CC2(C)C3=CC(=O)C4C5CC(C)(C)CCC5(C=S)CCC4C3(C)CCC12. The molecule has 33 heavy (non-hydrogen) atoms. The first-order valence-electron chi connectivity index (χ1n) is 12.8. The maximum atomic E-state index is 14.0. The van der Waals surface area contributed by atoms with Gasteiger partial charge >= 0.3 is 0 Å². The molecule has 0 spiro atoms. The molecule has 8 unspecified atom stereocenters. The number of fused-ring (bicyclic) bond motifs is 7. The summed E-state index contributed by atoms with van der Waals surface area (Å²) in [7, 11) is 0. The van der Waals surface area contributed by atoms with Crippen molar-refractivity contribution in [2.24, 2.45) is 51.2 Å². The van der Waals surface area contributed by atoms with Gasteiger partial charge in [0.05, 0.1) is 5.57 Å². The average molecular weight is 464 g/mol. The largest absolute Gasteiger partial charge is 0.295 e. The van der Waals surface area contributed by atoms with E-state index in [-0.39, 0.29) is 51.1 Å². The second-order valence-corrected chi connectivity index (χ2v) is 13.4. The van der Waals surface area contributed by atoms with E-state index < -0.39 is 5.41 Å². The van der Waals surface area contributed by atoms with Crippen molar-refractivity contribution < 1.29 is 9.59 Å². The Morgan fingerprint density at radius 1 is 1.03 bits per heavy atom. The third-order valence-corrected chi connectivity index (χ3v) is 11.5. The van der Waals surface area contributed by atoms with E-state index in [0.29, 0.717) is 11.8 Å². The standard InChI is InChI=1S/C29H37NO2S/c1-17-19-6-8-27(4)20-7-9-29(16-33)11-10-26(2,3)14-21(29)24(20)22(31)12-23(27)28(19,5)13-18(15-30)25(17)32/h12-13,16-17,19-21,24H,6-11,14H2,1-5H3. The van der Waals surface area contributed by atoms with E-state index in [1.165, 1.54) is 12.0 Å². The first-order valence-corrected chi connectivity index (χ1v) is 13.3. The van der Waals surface area contributed by atoms with E-state index in [1.54, 1.807) is 0 Å². The van der Waals surface area contributed by atoms with Crippen LogP contribution in [0.1, 0.15) is 79.6 Å². The summed E-state index contributed by atoms with van der Waals surface area (Å²) in [4.78, 5) is 26.8. The highest BCUT2D eigenvalue weighted by Crippen LogP contribution is 2.69. The highest BCUT2D eigenvalue weighted by molar-refractivity contribution is 7.79. The summed E-state index contributed by atoms with van der Waals surface area (Å²) < 4.78 is 0. The first-order chi connectivity index (χ1) is 15.4. The third-order valence-electron chi connectivity index (χ3n) is 11.0. The third kappa shape index (κ3) is 3.00. The fraction of sp³-hybridized carbons (Fsp3) is 0.724. The summed E-state index contributed by atoms with van der Waals surface area (Å²) >= 11 is 5.63. The highest BCUT2D eigenvalue weighted by Gasteiger charge is 2.64. The van der Waals surface area contributed by atoms with Crippen LogP contribution in [0.2, 0.25) is 0 Å². The van der Waals surface area contributed by atoms with E-state index >= 15 is 0 Å². The molecule has 0 radical (unpaired) electrons. The minimum absolute atomic E-state index is 0.0180. The topological polar surface area (TPSA) is 57.9 Å². The normalized spacial score (nSPS) is 48.2. The zero-order chi connectivity index (χ0) is 24.0. The van der Waals surface area contributed by atoms with Crippen LogP contribution in [0.3, 0.4) is 0 Å². The van der Waals surface area contributed by atoms with Crippen LogP contribution in [0.5, 0.6) is 0 Å². The van der Waals surface area contributed by atoms with E-state index in [1.807, 2.05) is 24.4 Å². The number of thiocarbonyl (C=S) groups is 1. The summed E-state index contributed by atoms with van der Waals surface area (Å²) in [5.74, 6) is 0.891. The average Bonchev–Trinajstić information content (AvgIpc) is 2.77. The summed E-state index contributed by atoms with van der Waals surface area (Å²) in [6, 6.07) is 2.16. The van der Waals surface area contributed by atoms with Gasteiger partial charge in [0.25, 0.3) is 0 Å². The molecule has 5 rings (SSSR count). The Labute approximate surface area is 204 Å². The molecule has 3 nitrogen and oxygen atoms in total. The van der Waals surface area contributed by atoms with Crippen LogP contribution >= 0.6 is 12.2 Å². The molecular weight excluding hydrogens is 426 g/mol. The Balaban J connectivity index is 1.64. The maximum Gasteiger partial charge on any atom is 0.176 e. The van der Waals surface area contributed by atoms with Crippen LogP contribution in [-0.4, -0.2) is 16.9 Å². The number of nitrogens with zero attached hydrogens (tertiary/aromatic N) is 1. The number of carbonyl (C=O) groups excluding carboxylic acids is 2. The number of allylic oxidation sites excluding steroid dienone is 4. The molecule has 8 atom stereocenters. The van der Waals surface area contributed by atoms with Gasteiger partial charge in [-0.2, -0.15) is 5.26 Å². The Hall–Kier alpha value is -1.60. The lowest BCUT2D eigenvalue weighted by atomic mass is 9.39. The van der Waals surface area contributed by atoms with Crippen LogP contribution in [-0.2, 0) is 9.59 Å². The van der Waals surface area contributed by atoms with Gasteiger partial charge in [-0.05, 0) is 85.0 Å². The predicted octanol–water partition coefficient (Wildman–Crippen LogP) is 6.43. The van der Waals surface area contributed by atoms with Crippen LogP contribution in [0.25, 0.3) is 0 Å². The molecule has 0 aromatic carbocycles. The number of Topliss-reactive ketones (excluding diaryl/α,β-unsaturated/α-hetero) is 1. The van der Waals surface area contributed by atoms with Crippen molar-refractivity contribution in [1.29, 1.82) is 5.26 Å². The lowest BCUT2D eigenvalue weighted by Gasteiger charge is -2.64. The van der Waals surface area contributed by atoms with E-state index in [2.05, 4.69) is 33.8 Å². The number of ketones is 2. The van der Waals surface area contributed by atoms with E-state index in [4.69, 9.17) is 12.2 Å². The molecule has 0 heterocycles. The van der Waals surface area contributed by atoms with Crippen molar-refractivity contribution in [3.05, 3.63) is 23.3 Å². The number of hydrogen-bond donors (Lipinski definition) is 0. The van der Waals surface area contributed by atoms with Crippen LogP contribution in [0.4, 0.5) is 0 Å². The van der Waals surface area contributed by atoms with Crippen LogP contribution < -0.4 is 0 Å². The molecule has 0 aromatic rings. The van der Waals surface area contributed by atoms with E-state index in [0.717, 1.165) is 38.5 Å². The van der Waals surface area contributed by atoms with Gasteiger partial charge < -0.3 is 0 Å². The molecule has 5 aliphatic rings. The van der Waals surface area contributed by atoms with Gasteiger partial charge in [-0.3, -0.25) is 9.59 Å². The first kappa shape index (κ1) is 23.2. The second-order valence-electron chi connectivity index (χ2n) is 13.1. The smallest absolute Gasteiger partial charge is 0.176 e. The van der Waals surface area contributed by atoms with Crippen LogP contribution in [0, 0.1) is 62.6 Å². The van der Waals surface area contributed by atoms with Gasteiger partial charge in [0.1, 0.15) is 6.07 Å². The minimum atomic E-state index is -0.406.